The summed E-state index contributed by atoms with van der Waals surface area (Å²) in [5, 5.41) is 6.28. The van der Waals surface area contributed by atoms with Gasteiger partial charge in [-0.1, -0.05) is 23.2 Å². The molecule has 0 aliphatic rings. The normalized spacial score (nSPS) is 10.5. The number of carbonyl (C=O) groups excluding carboxylic acids is 2. The predicted octanol–water partition coefficient (Wildman–Crippen LogP) is 3.51. The molecule has 0 spiro atoms. The van der Waals surface area contributed by atoms with Crippen LogP contribution in [0.3, 0.4) is 0 Å². The van der Waals surface area contributed by atoms with E-state index in [-0.39, 0.29) is 24.9 Å². The van der Waals surface area contributed by atoms with Crippen LogP contribution in [0.5, 0.6) is 5.75 Å². The Bertz CT molecular complexity index is 782. The van der Waals surface area contributed by atoms with Crippen molar-refractivity contribution in [1.82, 2.24) is 4.90 Å². The average Bonchev–Trinajstić information content (AvgIpc) is 2.57. The van der Waals surface area contributed by atoms with E-state index in [9.17, 15) is 9.59 Å². The fourth-order valence-corrected chi connectivity index (χ4v) is 2.66. The second kappa shape index (κ2) is 9.43. The van der Waals surface area contributed by atoms with Crippen molar-refractivity contribution in [3.05, 3.63) is 52.5 Å². The summed E-state index contributed by atoms with van der Waals surface area (Å²) in [7, 11) is 3.25. The number of halogens is 2. The first-order valence-electron chi connectivity index (χ1n) is 7.74. The van der Waals surface area contributed by atoms with Gasteiger partial charge in [-0.3, -0.25) is 14.5 Å². The number of carbonyl (C=O) groups is 2. The molecule has 0 bridgehead atoms. The van der Waals surface area contributed by atoms with Gasteiger partial charge >= 0.3 is 0 Å². The van der Waals surface area contributed by atoms with Gasteiger partial charge in [-0.2, -0.15) is 0 Å². The van der Waals surface area contributed by atoms with Crippen LogP contribution < -0.4 is 15.4 Å². The lowest BCUT2D eigenvalue weighted by molar-refractivity contribution is -0.119. The van der Waals surface area contributed by atoms with Gasteiger partial charge in [0.2, 0.25) is 11.8 Å². The van der Waals surface area contributed by atoms with Crippen molar-refractivity contribution >= 4 is 46.4 Å². The summed E-state index contributed by atoms with van der Waals surface area (Å²) in [5.41, 5.74) is 1.12. The summed E-state index contributed by atoms with van der Waals surface area (Å²) in [6.07, 6.45) is 0. The Labute approximate surface area is 162 Å². The van der Waals surface area contributed by atoms with E-state index in [1.165, 1.54) is 0 Å². The smallest absolute Gasteiger partial charge is 0.238 e. The molecule has 0 saturated heterocycles. The molecule has 2 N–H and O–H groups in total. The second-order valence-electron chi connectivity index (χ2n) is 5.62. The Morgan fingerprint density at radius 3 is 2.19 bits per heavy atom. The van der Waals surface area contributed by atoms with Gasteiger partial charge in [-0.15, -0.1) is 0 Å². The summed E-state index contributed by atoms with van der Waals surface area (Å²) < 4.78 is 5.06. The highest BCUT2D eigenvalue weighted by molar-refractivity contribution is 6.36. The summed E-state index contributed by atoms with van der Waals surface area (Å²) in [5.74, 6) is 0.196. The van der Waals surface area contributed by atoms with E-state index < -0.39 is 0 Å². The Kier molecular flexibility index (Phi) is 7.26. The number of nitrogens with zero attached hydrogens (tertiary/aromatic N) is 1. The number of methoxy groups -OCH3 is 1. The van der Waals surface area contributed by atoms with Crippen LogP contribution in [-0.2, 0) is 9.59 Å². The molecule has 8 heteroatoms. The van der Waals surface area contributed by atoms with Crippen LogP contribution >= 0.6 is 23.2 Å². The molecule has 2 amide bonds. The number of benzene rings is 2. The first-order chi connectivity index (χ1) is 12.4. The highest BCUT2D eigenvalue weighted by Gasteiger charge is 2.12. The van der Waals surface area contributed by atoms with Crippen LogP contribution in [0.25, 0.3) is 0 Å². The lowest BCUT2D eigenvalue weighted by Crippen LogP contribution is -2.36. The van der Waals surface area contributed by atoms with Gasteiger partial charge in [0.1, 0.15) is 5.75 Å². The summed E-state index contributed by atoms with van der Waals surface area (Å²) in [6, 6.07) is 11.8. The fourth-order valence-electron chi connectivity index (χ4n) is 2.20. The first-order valence-corrected chi connectivity index (χ1v) is 8.50. The number of anilines is 2. The Hall–Kier alpha value is -2.28. The molecular formula is C18H19Cl2N3O3. The van der Waals surface area contributed by atoms with Gasteiger partial charge < -0.3 is 15.4 Å². The van der Waals surface area contributed by atoms with E-state index in [1.54, 1.807) is 61.5 Å². The minimum absolute atomic E-state index is 0.0367. The second-order valence-corrected chi connectivity index (χ2v) is 6.46. The monoisotopic (exact) mass is 395 g/mol. The number of rotatable bonds is 7. The van der Waals surface area contributed by atoms with Crippen molar-refractivity contribution in [2.45, 2.75) is 0 Å². The van der Waals surface area contributed by atoms with Crippen molar-refractivity contribution < 1.29 is 14.3 Å². The molecule has 0 aliphatic carbocycles. The minimum atomic E-state index is -0.283. The number of hydrogen-bond donors (Lipinski definition) is 2. The lowest BCUT2D eigenvalue weighted by Gasteiger charge is -2.16. The zero-order valence-corrected chi connectivity index (χ0v) is 15.9. The summed E-state index contributed by atoms with van der Waals surface area (Å²) >= 11 is 11.8. The fraction of sp³-hybridized carbons (Fsp3) is 0.222. The molecule has 0 radical (unpaired) electrons. The molecule has 0 aliphatic heterocycles. The third-order valence-corrected chi connectivity index (χ3v) is 3.95. The third kappa shape index (κ3) is 6.22. The molecule has 2 aromatic rings. The van der Waals surface area contributed by atoms with E-state index in [0.29, 0.717) is 27.2 Å². The highest BCUT2D eigenvalue weighted by atomic mass is 35.5. The molecule has 0 atom stereocenters. The Morgan fingerprint density at radius 1 is 1.00 bits per heavy atom. The van der Waals surface area contributed by atoms with Crippen LogP contribution in [0.15, 0.2) is 42.5 Å². The van der Waals surface area contributed by atoms with Crippen LogP contribution in [0.2, 0.25) is 10.0 Å². The lowest BCUT2D eigenvalue weighted by atomic mass is 10.3. The Morgan fingerprint density at radius 2 is 1.62 bits per heavy atom. The predicted molar refractivity (Wildman–Crippen MR) is 104 cm³/mol. The van der Waals surface area contributed by atoms with Crippen LogP contribution in [-0.4, -0.2) is 44.0 Å². The average molecular weight is 396 g/mol. The third-order valence-electron chi connectivity index (χ3n) is 3.41. The molecule has 2 aromatic carbocycles. The van der Waals surface area contributed by atoms with Crippen LogP contribution in [0.4, 0.5) is 11.4 Å². The number of hydrogen-bond acceptors (Lipinski definition) is 4. The number of nitrogens with one attached hydrogen (secondary N) is 2. The van der Waals surface area contributed by atoms with Crippen molar-refractivity contribution in [2.24, 2.45) is 0 Å². The highest BCUT2D eigenvalue weighted by Crippen LogP contribution is 2.25. The molecule has 0 heterocycles. The van der Waals surface area contributed by atoms with Gasteiger partial charge in [-0.05, 0) is 49.5 Å². The first kappa shape index (κ1) is 20.0. The number of amides is 2. The van der Waals surface area contributed by atoms with Crippen LogP contribution in [0.1, 0.15) is 0 Å². The number of ether oxygens (including phenoxy) is 1. The minimum Gasteiger partial charge on any atom is -0.497 e. The van der Waals surface area contributed by atoms with Gasteiger partial charge in [0.15, 0.2) is 0 Å². The summed E-state index contributed by atoms with van der Waals surface area (Å²) in [4.78, 5) is 25.7. The largest absolute Gasteiger partial charge is 0.497 e. The zero-order valence-electron chi connectivity index (χ0n) is 14.4. The quantitative estimate of drug-likeness (QED) is 0.752. The van der Waals surface area contributed by atoms with E-state index >= 15 is 0 Å². The van der Waals surface area contributed by atoms with E-state index in [4.69, 9.17) is 27.9 Å². The molecule has 2 rings (SSSR count). The van der Waals surface area contributed by atoms with Crippen molar-refractivity contribution in [3.63, 3.8) is 0 Å². The SMILES string of the molecule is COc1ccc(NC(=O)CN(C)CC(=O)Nc2ccc(Cl)cc2Cl)cc1. The Balaban J connectivity index is 1.81. The molecular weight excluding hydrogens is 377 g/mol. The van der Waals surface area contributed by atoms with Gasteiger partial charge in [0, 0.05) is 10.7 Å². The molecule has 26 heavy (non-hydrogen) atoms. The summed E-state index contributed by atoms with van der Waals surface area (Å²) in [6.45, 7) is 0.1000. The maximum Gasteiger partial charge on any atom is 0.238 e. The molecule has 0 fully saturated rings. The van der Waals surface area contributed by atoms with Gasteiger partial charge in [-0.25, -0.2) is 0 Å². The maximum absolute atomic E-state index is 12.1. The van der Waals surface area contributed by atoms with Gasteiger partial charge in [0.25, 0.3) is 0 Å². The molecule has 6 nitrogen and oxygen atoms in total. The van der Waals surface area contributed by atoms with Crippen molar-refractivity contribution in [3.8, 4) is 5.75 Å². The number of likely N-dealkylation sites (N-methyl/N-ethyl adjacent to an activating group) is 1. The molecule has 138 valence electrons. The van der Waals surface area contributed by atoms with Crippen molar-refractivity contribution in [2.75, 3.05) is 37.9 Å². The zero-order chi connectivity index (χ0) is 19.1. The molecule has 0 aromatic heterocycles. The standard InChI is InChI=1S/C18H19Cl2N3O3/c1-23(10-17(24)21-13-4-6-14(26-2)7-5-13)11-18(25)22-16-8-3-12(19)9-15(16)20/h3-9H,10-11H2,1-2H3,(H,21,24)(H,22,25). The van der Waals surface area contributed by atoms with E-state index in [2.05, 4.69) is 10.6 Å². The maximum atomic E-state index is 12.1. The van der Waals surface area contributed by atoms with Crippen molar-refractivity contribution in [1.29, 1.82) is 0 Å². The van der Waals surface area contributed by atoms with E-state index in [0.717, 1.165) is 0 Å². The van der Waals surface area contributed by atoms with Crippen LogP contribution in [0, 0.1) is 0 Å². The molecule has 0 saturated carbocycles. The van der Waals surface area contributed by atoms with Gasteiger partial charge in [0.05, 0.1) is 30.9 Å². The molecule has 0 unspecified atom stereocenters. The topological polar surface area (TPSA) is 70.7 Å². The van der Waals surface area contributed by atoms with E-state index in [1.807, 2.05) is 0 Å².